The summed E-state index contributed by atoms with van der Waals surface area (Å²) in [5, 5.41) is 9.76. The second-order valence-corrected chi connectivity index (χ2v) is 3.25. The molecule has 0 heterocycles. The van der Waals surface area contributed by atoms with Crippen molar-refractivity contribution in [3.05, 3.63) is 34.9 Å². The van der Waals surface area contributed by atoms with Crippen LogP contribution in [0.5, 0.6) is 0 Å². The zero-order valence-electron chi connectivity index (χ0n) is 6.80. The first-order valence-corrected chi connectivity index (χ1v) is 4.10. The summed E-state index contributed by atoms with van der Waals surface area (Å²) in [6.45, 7) is -2.33. The minimum atomic E-state index is -2.05. The second kappa shape index (κ2) is 4.03. The van der Waals surface area contributed by atoms with Crippen LogP contribution < -0.4 is 0 Å². The Morgan fingerprint density at radius 2 is 1.92 bits per heavy atom. The van der Waals surface area contributed by atoms with E-state index in [9.17, 15) is 13.9 Å². The van der Waals surface area contributed by atoms with E-state index in [4.69, 9.17) is 11.6 Å². The molecular formula is C9H9ClF2O. The predicted molar refractivity (Wildman–Crippen MR) is 47.3 cm³/mol. The quantitative estimate of drug-likeness (QED) is 0.806. The maximum atomic E-state index is 12.3. The van der Waals surface area contributed by atoms with Gasteiger partial charge in [-0.1, -0.05) is 23.7 Å². The minimum absolute atomic E-state index is 0.157. The largest absolute Gasteiger partial charge is 0.380 e. The highest BCUT2D eigenvalue weighted by Gasteiger charge is 2.29. The molecule has 1 N–H and O–H groups in total. The van der Waals surface area contributed by atoms with E-state index < -0.39 is 19.0 Å². The SMILES string of the molecule is OC(CF)(CF)c1cccc(Cl)c1. The first kappa shape index (κ1) is 10.4. The van der Waals surface area contributed by atoms with Crippen LogP contribution in [0.4, 0.5) is 8.78 Å². The van der Waals surface area contributed by atoms with Crippen LogP contribution in [-0.2, 0) is 5.60 Å². The normalized spacial score (nSPS) is 11.7. The van der Waals surface area contributed by atoms with E-state index in [0.29, 0.717) is 5.02 Å². The Labute approximate surface area is 80.0 Å². The van der Waals surface area contributed by atoms with Gasteiger partial charge in [-0.05, 0) is 17.7 Å². The Bertz CT molecular complexity index is 287. The Balaban J connectivity index is 3.05. The fourth-order valence-electron chi connectivity index (χ4n) is 0.968. The van der Waals surface area contributed by atoms with E-state index >= 15 is 0 Å². The van der Waals surface area contributed by atoms with Crippen LogP contribution in [0.1, 0.15) is 5.56 Å². The molecule has 0 bridgehead atoms. The van der Waals surface area contributed by atoms with Crippen molar-refractivity contribution in [3.8, 4) is 0 Å². The fraction of sp³-hybridized carbons (Fsp3) is 0.333. The third kappa shape index (κ3) is 2.17. The molecule has 0 saturated heterocycles. The van der Waals surface area contributed by atoms with Gasteiger partial charge in [0.15, 0.2) is 0 Å². The van der Waals surface area contributed by atoms with E-state index in [1.54, 1.807) is 6.07 Å². The van der Waals surface area contributed by atoms with Gasteiger partial charge in [0.05, 0.1) is 0 Å². The van der Waals surface area contributed by atoms with E-state index in [2.05, 4.69) is 0 Å². The van der Waals surface area contributed by atoms with Crippen molar-refractivity contribution in [3.63, 3.8) is 0 Å². The van der Waals surface area contributed by atoms with Gasteiger partial charge < -0.3 is 5.11 Å². The summed E-state index contributed by atoms with van der Waals surface area (Å²) >= 11 is 5.61. The standard InChI is InChI=1S/C9H9ClF2O/c10-8-3-1-2-7(4-8)9(13,5-11)6-12/h1-4,13H,5-6H2. The molecule has 0 spiro atoms. The van der Waals surface area contributed by atoms with Crippen molar-refractivity contribution in [1.29, 1.82) is 0 Å². The van der Waals surface area contributed by atoms with Gasteiger partial charge in [0.2, 0.25) is 0 Å². The lowest BCUT2D eigenvalue weighted by Gasteiger charge is -2.21. The molecule has 0 aromatic heterocycles. The van der Waals surface area contributed by atoms with E-state index in [0.717, 1.165) is 0 Å². The molecule has 0 aliphatic heterocycles. The maximum absolute atomic E-state index is 12.3. The molecule has 72 valence electrons. The highest BCUT2D eigenvalue weighted by atomic mass is 35.5. The molecule has 0 saturated carbocycles. The number of benzene rings is 1. The molecule has 4 heteroatoms. The third-order valence-electron chi connectivity index (χ3n) is 1.80. The Hall–Kier alpha value is -0.670. The zero-order chi connectivity index (χ0) is 9.90. The summed E-state index contributed by atoms with van der Waals surface area (Å²) in [5.41, 5.74) is -1.89. The van der Waals surface area contributed by atoms with Crippen LogP contribution in [0.25, 0.3) is 0 Å². The fourth-order valence-corrected chi connectivity index (χ4v) is 1.16. The van der Waals surface area contributed by atoms with E-state index in [-0.39, 0.29) is 5.56 Å². The monoisotopic (exact) mass is 206 g/mol. The van der Waals surface area contributed by atoms with Crippen LogP contribution in [0.2, 0.25) is 5.02 Å². The van der Waals surface area contributed by atoms with Crippen molar-refractivity contribution in [2.75, 3.05) is 13.3 Å². The lowest BCUT2D eigenvalue weighted by molar-refractivity contribution is -0.0111. The predicted octanol–water partition coefficient (Wildman–Crippen LogP) is 2.47. The van der Waals surface area contributed by atoms with Crippen LogP contribution >= 0.6 is 11.6 Å². The molecule has 1 aromatic rings. The van der Waals surface area contributed by atoms with Gasteiger partial charge in [-0.3, -0.25) is 0 Å². The molecule has 0 fully saturated rings. The van der Waals surface area contributed by atoms with Gasteiger partial charge in [0, 0.05) is 5.02 Å². The molecule has 0 aliphatic carbocycles. The Morgan fingerprint density at radius 3 is 2.38 bits per heavy atom. The van der Waals surface area contributed by atoms with Gasteiger partial charge in [0.25, 0.3) is 0 Å². The number of alkyl halides is 2. The number of hydrogen-bond donors (Lipinski definition) is 1. The van der Waals surface area contributed by atoms with Crippen LogP contribution in [0, 0.1) is 0 Å². The van der Waals surface area contributed by atoms with E-state index in [1.807, 2.05) is 0 Å². The number of aliphatic hydroxyl groups is 1. The van der Waals surface area contributed by atoms with Gasteiger partial charge in [-0.15, -0.1) is 0 Å². The molecule has 0 aliphatic rings. The molecule has 1 aromatic carbocycles. The van der Waals surface area contributed by atoms with Crippen molar-refractivity contribution in [2.45, 2.75) is 5.60 Å². The van der Waals surface area contributed by atoms with Crippen molar-refractivity contribution < 1.29 is 13.9 Å². The number of hydrogen-bond acceptors (Lipinski definition) is 1. The number of rotatable bonds is 3. The van der Waals surface area contributed by atoms with Crippen LogP contribution in [0.15, 0.2) is 24.3 Å². The third-order valence-corrected chi connectivity index (χ3v) is 2.04. The first-order valence-electron chi connectivity index (χ1n) is 3.73. The number of halogens is 3. The zero-order valence-corrected chi connectivity index (χ0v) is 7.56. The Morgan fingerprint density at radius 1 is 1.31 bits per heavy atom. The topological polar surface area (TPSA) is 20.2 Å². The van der Waals surface area contributed by atoms with Crippen molar-refractivity contribution in [1.82, 2.24) is 0 Å². The average molecular weight is 207 g/mol. The second-order valence-electron chi connectivity index (χ2n) is 2.81. The summed E-state index contributed by atoms with van der Waals surface area (Å²) in [6.07, 6.45) is 0. The van der Waals surface area contributed by atoms with Crippen molar-refractivity contribution >= 4 is 11.6 Å². The molecule has 0 unspecified atom stereocenters. The molecule has 13 heavy (non-hydrogen) atoms. The van der Waals surface area contributed by atoms with Gasteiger partial charge >= 0.3 is 0 Å². The first-order chi connectivity index (χ1) is 6.12. The molecule has 1 nitrogen and oxygen atoms in total. The van der Waals surface area contributed by atoms with Gasteiger partial charge in [-0.25, -0.2) is 8.78 Å². The molecular weight excluding hydrogens is 198 g/mol. The summed E-state index contributed by atoms with van der Waals surface area (Å²) < 4.78 is 24.7. The lowest BCUT2D eigenvalue weighted by atomic mass is 9.97. The molecule has 0 atom stereocenters. The highest BCUT2D eigenvalue weighted by Crippen LogP contribution is 2.24. The highest BCUT2D eigenvalue weighted by molar-refractivity contribution is 6.30. The minimum Gasteiger partial charge on any atom is -0.380 e. The molecule has 0 radical (unpaired) electrons. The van der Waals surface area contributed by atoms with Crippen LogP contribution in [0.3, 0.4) is 0 Å². The summed E-state index contributed by atoms with van der Waals surface area (Å²) in [6, 6.07) is 5.89. The molecule has 0 amide bonds. The summed E-state index contributed by atoms with van der Waals surface area (Å²) in [5.74, 6) is 0. The maximum Gasteiger partial charge on any atom is 0.146 e. The Kier molecular flexibility index (Phi) is 3.22. The van der Waals surface area contributed by atoms with Crippen molar-refractivity contribution in [2.24, 2.45) is 0 Å². The van der Waals surface area contributed by atoms with Gasteiger partial charge in [-0.2, -0.15) is 0 Å². The summed E-state index contributed by atoms with van der Waals surface area (Å²) in [4.78, 5) is 0. The summed E-state index contributed by atoms with van der Waals surface area (Å²) in [7, 11) is 0. The smallest absolute Gasteiger partial charge is 0.146 e. The van der Waals surface area contributed by atoms with E-state index in [1.165, 1.54) is 18.2 Å². The average Bonchev–Trinajstić information content (AvgIpc) is 2.17. The lowest BCUT2D eigenvalue weighted by Crippen LogP contribution is -2.30. The van der Waals surface area contributed by atoms with Gasteiger partial charge in [0.1, 0.15) is 19.0 Å². The molecule has 1 rings (SSSR count). The van der Waals surface area contributed by atoms with Crippen LogP contribution in [-0.4, -0.2) is 18.5 Å².